The molecular weight excluding hydrogens is 404 g/mol. The lowest BCUT2D eigenvalue weighted by atomic mass is 9.44. The zero-order valence-corrected chi connectivity index (χ0v) is 20.7. The quantitative estimate of drug-likeness (QED) is 0.533. The van der Waals surface area contributed by atoms with Gasteiger partial charge in [-0.05, 0) is 91.8 Å². The Morgan fingerprint density at radius 2 is 1.84 bits per heavy atom. The van der Waals surface area contributed by atoms with E-state index >= 15 is 0 Å². The average Bonchev–Trinajstić information content (AvgIpc) is 3.07. The molecule has 4 rings (SSSR count). The molecular formula is C27H42O5. The van der Waals surface area contributed by atoms with Crippen molar-refractivity contribution in [2.24, 2.45) is 46.3 Å². The van der Waals surface area contributed by atoms with E-state index in [-0.39, 0.29) is 34.8 Å². The van der Waals surface area contributed by atoms with Gasteiger partial charge in [0, 0.05) is 25.7 Å². The van der Waals surface area contributed by atoms with Crippen molar-refractivity contribution in [3.63, 3.8) is 0 Å². The summed E-state index contributed by atoms with van der Waals surface area (Å²) < 4.78 is 10.4. The van der Waals surface area contributed by atoms with Crippen molar-refractivity contribution in [2.45, 2.75) is 98.0 Å². The van der Waals surface area contributed by atoms with E-state index in [0.29, 0.717) is 48.2 Å². The van der Waals surface area contributed by atoms with Gasteiger partial charge in [-0.25, -0.2) is 0 Å². The largest absolute Gasteiger partial charge is 0.469 e. The van der Waals surface area contributed by atoms with Gasteiger partial charge >= 0.3 is 11.9 Å². The van der Waals surface area contributed by atoms with E-state index in [1.54, 1.807) is 0 Å². The second-order valence-electron chi connectivity index (χ2n) is 12.0. The summed E-state index contributed by atoms with van der Waals surface area (Å²) in [6.45, 7) is 8.51. The summed E-state index contributed by atoms with van der Waals surface area (Å²) in [6, 6.07) is 0. The van der Waals surface area contributed by atoms with Gasteiger partial charge in [-0.1, -0.05) is 20.8 Å². The fraction of sp³-hybridized carbons (Fsp3) is 0.889. The number of hydrogen-bond donors (Lipinski definition) is 0. The third-order valence-electron chi connectivity index (χ3n) is 10.4. The van der Waals surface area contributed by atoms with Crippen LogP contribution in [0.3, 0.4) is 0 Å². The second kappa shape index (κ2) is 8.76. The first-order chi connectivity index (χ1) is 15.1. The maximum absolute atomic E-state index is 13.8. The van der Waals surface area contributed by atoms with Crippen molar-refractivity contribution in [1.82, 2.24) is 0 Å². The molecule has 180 valence electrons. The molecule has 0 N–H and O–H groups in total. The molecule has 4 aliphatic carbocycles. The number of carbonyl (C=O) groups is 3. The standard InChI is InChI=1S/C27H42O5/c1-16(6-11-24(30)31-5)21-9-10-22-20-8-7-18-14-19(32-17(2)28)12-13-26(18,3)25(20)23(29)15-27(21,22)4/h16,18-22,25H,6-15H2,1-5H3/t16-,18-,19-,20+,21+,22-,25+,26+,27+/m1/s1. The molecule has 4 aliphatic rings. The first kappa shape index (κ1) is 23.8. The summed E-state index contributed by atoms with van der Waals surface area (Å²) in [5.41, 5.74) is 0.110. The van der Waals surface area contributed by atoms with Crippen molar-refractivity contribution in [1.29, 1.82) is 0 Å². The number of ether oxygens (including phenoxy) is 2. The van der Waals surface area contributed by atoms with Crippen LogP contribution in [-0.2, 0) is 23.9 Å². The van der Waals surface area contributed by atoms with Crippen LogP contribution in [-0.4, -0.2) is 30.9 Å². The number of Topliss-reactive ketones (excluding diaryl/α,β-unsaturated/α-hetero) is 1. The normalized spacial score (nSPS) is 44.1. The lowest BCUT2D eigenvalue weighted by molar-refractivity contribution is -0.169. The number of carbonyl (C=O) groups excluding carboxylic acids is 3. The molecule has 5 heteroatoms. The van der Waals surface area contributed by atoms with E-state index in [2.05, 4.69) is 20.8 Å². The van der Waals surface area contributed by atoms with Crippen molar-refractivity contribution in [3.8, 4) is 0 Å². The summed E-state index contributed by atoms with van der Waals surface area (Å²) in [6.07, 6.45) is 9.51. The predicted molar refractivity (Wildman–Crippen MR) is 122 cm³/mol. The molecule has 4 fully saturated rings. The number of rotatable bonds is 5. The third-order valence-corrected chi connectivity index (χ3v) is 10.4. The molecule has 9 atom stereocenters. The molecule has 0 unspecified atom stereocenters. The van der Waals surface area contributed by atoms with E-state index < -0.39 is 0 Å². The minimum Gasteiger partial charge on any atom is -0.469 e. The Hall–Kier alpha value is -1.39. The van der Waals surface area contributed by atoms with Crippen molar-refractivity contribution < 1.29 is 23.9 Å². The van der Waals surface area contributed by atoms with Crippen LogP contribution in [0.2, 0.25) is 0 Å². The molecule has 0 bridgehead atoms. The Morgan fingerprint density at radius 1 is 1.09 bits per heavy atom. The average molecular weight is 447 g/mol. The maximum atomic E-state index is 13.8. The highest BCUT2D eigenvalue weighted by Crippen LogP contribution is 2.67. The lowest BCUT2D eigenvalue weighted by Crippen LogP contribution is -2.58. The van der Waals surface area contributed by atoms with Crippen LogP contribution < -0.4 is 0 Å². The highest BCUT2D eigenvalue weighted by molar-refractivity contribution is 5.84. The Kier molecular flexibility index (Phi) is 6.50. The molecule has 5 nitrogen and oxygen atoms in total. The van der Waals surface area contributed by atoms with Gasteiger partial charge in [0.25, 0.3) is 0 Å². The summed E-state index contributed by atoms with van der Waals surface area (Å²) in [4.78, 5) is 37.0. The predicted octanol–water partition coefficient (Wildman–Crippen LogP) is 5.35. The van der Waals surface area contributed by atoms with Crippen LogP contribution in [0, 0.1) is 46.3 Å². The highest BCUT2D eigenvalue weighted by atomic mass is 16.5. The number of hydrogen-bond acceptors (Lipinski definition) is 5. The third kappa shape index (κ3) is 3.92. The van der Waals surface area contributed by atoms with Gasteiger partial charge in [0.2, 0.25) is 0 Å². The van der Waals surface area contributed by atoms with Crippen LogP contribution in [0.4, 0.5) is 0 Å². The molecule has 0 spiro atoms. The molecule has 0 aromatic rings. The van der Waals surface area contributed by atoms with Crippen LogP contribution in [0.5, 0.6) is 0 Å². The summed E-state index contributed by atoms with van der Waals surface area (Å²) in [5.74, 6) is 2.85. The Balaban J connectivity index is 1.50. The van der Waals surface area contributed by atoms with Gasteiger partial charge in [0.05, 0.1) is 7.11 Å². The monoisotopic (exact) mass is 446 g/mol. The number of methoxy groups -OCH3 is 1. The van der Waals surface area contributed by atoms with Gasteiger partial charge in [0.15, 0.2) is 0 Å². The summed E-state index contributed by atoms with van der Waals surface area (Å²) in [7, 11) is 1.45. The van der Waals surface area contributed by atoms with Crippen molar-refractivity contribution in [3.05, 3.63) is 0 Å². The number of esters is 2. The van der Waals surface area contributed by atoms with Crippen LogP contribution in [0.1, 0.15) is 91.9 Å². The molecule has 0 heterocycles. The van der Waals surface area contributed by atoms with Crippen LogP contribution in [0.25, 0.3) is 0 Å². The van der Waals surface area contributed by atoms with Gasteiger partial charge in [-0.15, -0.1) is 0 Å². The highest BCUT2D eigenvalue weighted by Gasteiger charge is 2.63. The van der Waals surface area contributed by atoms with Crippen molar-refractivity contribution >= 4 is 17.7 Å². The van der Waals surface area contributed by atoms with E-state index in [1.807, 2.05) is 0 Å². The Bertz CT molecular complexity index is 761. The zero-order valence-electron chi connectivity index (χ0n) is 20.7. The van der Waals surface area contributed by atoms with E-state index in [4.69, 9.17) is 9.47 Å². The minimum atomic E-state index is -0.185. The maximum Gasteiger partial charge on any atom is 0.305 e. The van der Waals surface area contributed by atoms with Gasteiger partial charge in [-0.2, -0.15) is 0 Å². The number of ketones is 1. The molecule has 0 aliphatic heterocycles. The molecule has 0 saturated heterocycles. The topological polar surface area (TPSA) is 69.7 Å². The van der Waals surface area contributed by atoms with E-state index in [9.17, 15) is 14.4 Å². The molecule has 0 radical (unpaired) electrons. The lowest BCUT2D eigenvalue weighted by Gasteiger charge is -2.60. The first-order valence-corrected chi connectivity index (χ1v) is 12.9. The second-order valence-corrected chi connectivity index (χ2v) is 12.0. The smallest absolute Gasteiger partial charge is 0.305 e. The van der Waals surface area contributed by atoms with Crippen LogP contribution >= 0.6 is 0 Å². The number of fused-ring (bicyclic) bond motifs is 5. The molecule has 0 aromatic carbocycles. The molecule has 4 saturated carbocycles. The van der Waals surface area contributed by atoms with Crippen molar-refractivity contribution in [2.75, 3.05) is 7.11 Å². The zero-order chi connectivity index (χ0) is 23.3. The van der Waals surface area contributed by atoms with E-state index in [1.165, 1.54) is 26.9 Å². The Morgan fingerprint density at radius 3 is 2.53 bits per heavy atom. The molecule has 0 amide bonds. The van der Waals surface area contributed by atoms with Gasteiger partial charge in [0.1, 0.15) is 11.9 Å². The summed E-state index contributed by atoms with van der Waals surface area (Å²) >= 11 is 0. The fourth-order valence-electron chi connectivity index (χ4n) is 9.00. The first-order valence-electron chi connectivity index (χ1n) is 12.9. The van der Waals surface area contributed by atoms with Gasteiger partial charge in [-0.3, -0.25) is 14.4 Å². The Labute approximate surface area is 193 Å². The van der Waals surface area contributed by atoms with Crippen LogP contribution in [0.15, 0.2) is 0 Å². The molecule has 0 aromatic heterocycles. The molecule has 32 heavy (non-hydrogen) atoms. The fourth-order valence-corrected chi connectivity index (χ4v) is 9.00. The minimum absolute atomic E-state index is 0.0256. The summed E-state index contributed by atoms with van der Waals surface area (Å²) in [5, 5.41) is 0. The SMILES string of the molecule is COC(=O)CC[C@@H](C)[C@@H]1CC[C@@H]2[C@@H]3CC[C@@H]4C[C@H](OC(C)=O)CC[C@]4(C)[C@@H]3C(=O)C[C@]21C. The van der Waals surface area contributed by atoms with E-state index in [0.717, 1.165) is 38.5 Å². The van der Waals surface area contributed by atoms with Gasteiger partial charge < -0.3 is 9.47 Å².